The Morgan fingerprint density at radius 3 is 2.79 bits per heavy atom. The van der Waals surface area contributed by atoms with Crippen molar-refractivity contribution in [3.8, 4) is 0 Å². The fourth-order valence-corrected chi connectivity index (χ4v) is 4.09. The maximum atomic E-state index is 13.9. The quantitative estimate of drug-likeness (QED) is 0.675. The SMILES string of the molecule is Cc1nc(Nc2nccs2)cc(C2CCN(Cc3cccc(F)c3F)CC2)n1. The van der Waals surface area contributed by atoms with Crippen LogP contribution in [0.4, 0.5) is 19.7 Å². The number of anilines is 2. The lowest BCUT2D eigenvalue weighted by Gasteiger charge is -2.32. The largest absolute Gasteiger partial charge is 0.316 e. The van der Waals surface area contributed by atoms with Crippen LogP contribution < -0.4 is 5.32 Å². The number of benzene rings is 1. The van der Waals surface area contributed by atoms with Gasteiger partial charge < -0.3 is 5.32 Å². The minimum atomic E-state index is -0.788. The van der Waals surface area contributed by atoms with Crippen LogP contribution >= 0.6 is 11.3 Å². The van der Waals surface area contributed by atoms with Crippen LogP contribution in [0.3, 0.4) is 0 Å². The van der Waals surface area contributed by atoms with E-state index in [-0.39, 0.29) is 0 Å². The zero-order valence-electron chi connectivity index (χ0n) is 15.5. The summed E-state index contributed by atoms with van der Waals surface area (Å²) in [7, 11) is 0. The highest BCUT2D eigenvalue weighted by Crippen LogP contribution is 2.29. The summed E-state index contributed by atoms with van der Waals surface area (Å²) >= 11 is 1.52. The van der Waals surface area contributed by atoms with Crippen LogP contribution in [0.2, 0.25) is 0 Å². The Hall–Kier alpha value is -2.45. The molecule has 0 unspecified atom stereocenters. The van der Waals surface area contributed by atoms with Crippen molar-refractivity contribution in [3.63, 3.8) is 0 Å². The zero-order valence-corrected chi connectivity index (χ0v) is 16.3. The predicted molar refractivity (Wildman–Crippen MR) is 106 cm³/mol. The maximum absolute atomic E-state index is 13.9. The average molecular weight is 401 g/mol. The molecule has 3 aromatic rings. The molecule has 0 saturated carbocycles. The Balaban J connectivity index is 1.41. The van der Waals surface area contributed by atoms with Gasteiger partial charge in [0.2, 0.25) is 0 Å². The van der Waals surface area contributed by atoms with Crippen LogP contribution in [-0.4, -0.2) is 32.9 Å². The van der Waals surface area contributed by atoms with Gasteiger partial charge in [0.05, 0.1) is 0 Å². The van der Waals surface area contributed by atoms with Crippen molar-refractivity contribution in [2.75, 3.05) is 18.4 Å². The summed E-state index contributed by atoms with van der Waals surface area (Å²) in [4.78, 5) is 15.5. The molecule has 1 aliphatic rings. The number of rotatable bonds is 5. The predicted octanol–water partition coefficient (Wildman–Crippen LogP) is 4.64. The Morgan fingerprint density at radius 1 is 1.21 bits per heavy atom. The number of likely N-dealkylation sites (tertiary alicyclic amines) is 1. The summed E-state index contributed by atoms with van der Waals surface area (Å²) in [6, 6.07) is 6.34. The number of nitrogens with zero attached hydrogens (tertiary/aromatic N) is 4. The van der Waals surface area contributed by atoms with Crippen molar-refractivity contribution in [2.24, 2.45) is 0 Å². The minimum Gasteiger partial charge on any atom is -0.316 e. The second kappa shape index (κ2) is 8.28. The summed E-state index contributed by atoms with van der Waals surface area (Å²) in [5, 5.41) is 5.94. The number of nitrogens with one attached hydrogen (secondary N) is 1. The molecule has 1 aliphatic heterocycles. The number of piperidine rings is 1. The normalized spacial score (nSPS) is 15.7. The molecule has 1 fully saturated rings. The second-order valence-corrected chi connectivity index (χ2v) is 7.85. The van der Waals surface area contributed by atoms with Crippen molar-refractivity contribution >= 4 is 22.3 Å². The summed E-state index contributed by atoms with van der Waals surface area (Å²) in [5.41, 5.74) is 1.43. The molecule has 8 heteroatoms. The molecule has 4 rings (SSSR count). The number of hydrogen-bond acceptors (Lipinski definition) is 6. The number of thiazole rings is 1. The van der Waals surface area contributed by atoms with E-state index < -0.39 is 11.6 Å². The molecule has 0 atom stereocenters. The third-order valence-electron chi connectivity index (χ3n) is 4.96. The standard InChI is InChI=1S/C20H21F2N5S/c1-13-24-17(11-18(25-13)26-20-23-7-10-28-20)14-5-8-27(9-6-14)12-15-3-2-4-16(21)19(15)22/h2-4,7,10-11,14H,5-6,8-9,12H2,1H3,(H,23,24,25,26). The van der Waals surface area contributed by atoms with Crippen molar-refractivity contribution in [1.29, 1.82) is 0 Å². The molecular weight excluding hydrogens is 380 g/mol. The lowest BCUT2D eigenvalue weighted by Crippen LogP contribution is -2.33. The Bertz CT molecular complexity index is 940. The average Bonchev–Trinajstić information content (AvgIpc) is 3.18. The molecule has 1 aromatic carbocycles. The molecule has 0 radical (unpaired) electrons. The van der Waals surface area contributed by atoms with Gasteiger partial charge in [-0.05, 0) is 38.9 Å². The molecule has 1 saturated heterocycles. The molecule has 0 amide bonds. The lowest BCUT2D eigenvalue weighted by atomic mass is 9.93. The van der Waals surface area contributed by atoms with Crippen LogP contribution in [0.25, 0.3) is 0 Å². The van der Waals surface area contributed by atoms with Crippen LogP contribution in [0, 0.1) is 18.6 Å². The van der Waals surface area contributed by atoms with Crippen LogP contribution in [0.1, 0.15) is 35.8 Å². The number of aromatic nitrogens is 3. The molecule has 28 heavy (non-hydrogen) atoms. The monoisotopic (exact) mass is 401 g/mol. The van der Waals surface area contributed by atoms with E-state index in [1.54, 1.807) is 18.3 Å². The fraction of sp³-hybridized carbons (Fsp3) is 0.350. The Morgan fingerprint density at radius 2 is 2.04 bits per heavy atom. The van der Waals surface area contributed by atoms with E-state index >= 15 is 0 Å². The fourth-order valence-electron chi connectivity index (χ4n) is 3.56. The number of halogens is 2. The van der Waals surface area contributed by atoms with Crippen LogP contribution in [0.5, 0.6) is 0 Å². The Labute approximate surface area is 166 Å². The number of aryl methyl sites for hydroxylation is 1. The van der Waals surface area contributed by atoms with E-state index in [1.807, 2.05) is 18.4 Å². The van der Waals surface area contributed by atoms with E-state index in [2.05, 4.69) is 25.2 Å². The topological polar surface area (TPSA) is 53.9 Å². The lowest BCUT2D eigenvalue weighted by molar-refractivity contribution is 0.200. The molecule has 1 N–H and O–H groups in total. The van der Waals surface area contributed by atoms with Gasteiger partial charge in [0.25, 0.3) is 0 Å². The Kier molecular flexibility index (Phi) is 5.59. The number of hydrogen-bond donors (Lipinski definition) is 1. The van der Waals surface area contributed by atoms with E-state index in [1.165, 1.54) is 11.3 Å². The third-order valence-corrected chi connectivity index (χ3v) is 5.64. The summed E-state index contributed by atoms with van der Waals surface area (Å²) in [5.74, 6) is 0.271. The van der Waals surface area contributed by atoms with Crippen molar-refractivity contribution in [1.82, 2.24) is 19.9 Å². The molecule has 0 aliphatic carbocycles. The van der Waals surface area contributed by atoms with Gasteiger partial charge in [0.1, 0.15) is 11.6 Å². The molecule has 0 bridgehead atoms. The van der Waals surface area contributed by atoms with Crippen molar-refractivity contribution in [2.45, 2.75) is 32.2 Å². The van der Waals surface area contributed by atoms with Gasteiger partial charge in [-0.2, -0.15) is 0 Å². The van der Waals surface area contributed by atoms with Gasteiger partial charge in [-0.1, -0.05) is 12.1 Å². The molecule has 5 nitrogen and oxygen atoms in total. The van der Waals surface area contributed by atoms with Crippen molar-refractivity contribution < 1.29 is 8.78 Å². The zero-order chi connectivity index (χ0) is 19.5. The highest BCUT2D eigenvalue weighted by Gasteiger charge is 2.23. The van der Waals surface area contributed by atoms with Crippen LogP contribution in [0.15, 0.2) is 35.8 Å². The van der Waals surface area contributed by atoms with Crippen LogP contribution in [-0.2, 0) is 6.54 Å². The first kappa shape index (κ1) is 18.9. The van der Waals surface area contributed by atoms with Crippen molar-refractivity contribution in [3.05, 3.63) is 64.6 Å². The molecular formula is C20H21F2N5S. The van der Waals surface area contributed by atoms with E-state index in [4.69, 9.17) is 0 Å². The maximum Gasteiger partial charge on any atom is 0.188 e. The molecule has 146 valence electrons. The summed E-state index contributed by atoms with van der Waals surface area (Å²) in [6.45, 7) is 3.95. The summed E-state index contributed by atoms with van der Waals surface area (Å²) in [6.07, 6.45) is 3.59. The van der Waals surface area contributed by atoms with E-state index in [0.29, 0.717) is 18.0 Å². The first-order valence-electron chi connectivity index (χ1n) is 9.26. The smallest absolute Gasteiger partial charge is 0.188 e. The van der Waals surface area contributed by atoms with Gasteiger partial charge in [0, 0.05) is 41.4 Å². The highest BCUT2D eigenvalue weighted by molar-refractivity contribution is 7.13. The van der Waals surface area contributed by atoms with Gasteiger partial charge in [-0.3, -0.25) is 4.90 Å². The third kappa shape index (κ3) is 4.34. The molecule has 3 heterocycles. The molecule has 2 aromatic heterocycles. The first-order chi connectivity index (χ1) is 13.6. The first-order valence-corrected chi connectivity index (χ1v) is 10.1. The molecule has 0 spiro atoms. The summed E-state index contributed by atoms with van der Waals surface area (Å²) < 4.78 is 27.3. The second-order valence-electron chi connectivity index (χ2n) is 6.95. The van der Waals surface area contributed by atoms with Gasteiger partial charge in [-0.15, -0.1) is 11.3 Å². The van der Waals surface area contributed by atoms with E-state index in [0.717, 1.165) is 54.5 Å². The highest BCUT2D eigenvalue weighted by atomic mass is 32.1. The minimum absolute atomic E-state index is 0.326. The van der Waals surface area contributed by atoms with Gasteiger partial charge in [0.15, 0.2) is 16.8 Å². The van der Waals surface area contributed by atoms with Gasteiger partial charge >= 0.3 is 0 Å². The van der Waals surface area contributed by atoms with E-state index in [9.17, 15) is 8.78 Å². The van der Waals surface area contributed by atoms with Gasteiger partial charge in [-0.25, -0.2) is 23.7 Å².